The lowest BCUT2D eigenvalue weighted by atomic mass is 10.1. The van der Waals surface area contributed by atoms with E-state index in [4.69, 9.17) is 21.4 Å². The first-order valence-corrected chi connectivity index (χ1v) is 6.78. The average molecular weight is 298 g/mol. The van der Waals surface area contributed by atoms with Gasteiger partial charge >= 0.3 is 5.97 Å². The summed E-state index contributed by atoms with van der Waals surface area (Å²) in [5.74, 6) is -0.979. The number of hydrogen-bond donors (Lipinski definition) is 1. The topological polar surface area (TPSA) is 66.8 Å². The van der Waals surface area contributed by atoms with Crippen LogP contribution in [0.2, 0.25) is 5.02 Å². The molecule has 0 radical (unpaired) electrons. The van der Waals surface area contributed by atoms with Crippen LogP contribution in [0.5, 0.6) is 0 Å². The highest BCUT2D eigenvalue weighted by Gasteiger charge is 2.26. The first kappa shape index (κ1) is 14.8. The number of aliphatic carboxylic acids is 1. The van der Waals surface area contributed by atoms with Gasteiger partial charge in [-0.1, -0.05) is 29.8 Å². The third kappa shape index (κ3) is 3.95. The first-order chi connectivity index (χ1) is 9.56. The summed E-state index contributed by atoms with van der Waals surface area (Å²) >= 11 is 6.03. The van der Waals surface area contributed by atoms with Crippen LogP contribution in [0.1, 0.15) is 12.0 Å². The standard InChI is InChI=1S/C14H16ClNO4/c15-12-4-2-1-3-10(12)7-13(17)16-5-6-20-11(9-16)8-14(18)19/h1-4,11H,5-9H2,(H,18,19). The van der Waals surface area contributed by atoms with Crippen molar-refractivity contribution in [3.8, 4) is 0 Å². The second kappa shape index (κ2) is 6.72. The summed E-state index contributed by atoms with van der Waals surface area (Å²) in [7, 11) is 0. The Morgan fingerprint density at radius 2 is 2.15 bits per heavy atom. The van der Waals surface area contributed by atoms with E-state index in [0.717, 1.165) is 5.56 Å². The minimum atomic E-state index is -0.921. The number of carbonyl (C=O) groups excluding carboxylic acids is 1. The summed E-state index contributed by atoms with van der Waals surface area (Å²) in [6.07, 6.45) is -0.300. The molecule has 20 heavy (non-hydrogen) atoms. The van der Waals surface area contributed by atoms with Gasteiger partial charge in [-0.05, 0) is 11.6 Å². The van der Waals surface area contributed by atoms with Crippen molar-refractivity contribution < 1.29 is 19.4 Å². The number of halogens is 1. The molecule has 0 spiro atoms. The van der Waals surface area contributed by atoms with Gasteiger partial charge < -0.3 is 14.7 Å². The number of hydrogen-bond acceptors (Lipinski definition) is 3. The Balaban J connectivity index is 1.95. The highest BCUT2D eigenvalue weighted by Crippen LogP contribution is 2.17. The lowest BCUT2D eigenvalue weighted by Crippen LogP contribution is -2.46. The molecule has 1 aliphatic rings. The number of carbonyl (C=O) groups is 2. The number of ether oxygens (including phenoxy) is 1. The van der Waals surface area contributed by atoms with E-state index in [9.17, 15) is 9.59 Å². The monoisotopic (exact) mass is 297 g/mol. The molecule has 2 rings (SSSR count). The molecular formula is C14H16ClNO4. The molecule has 1 N–H and O–H groups in total. The maximum absolute atomic E-state index is 12.2. The summed E-state index contributed by atoms with van der Waals surface area (Å²) in [6.45, 7) is 1.17. The minimum absolute atomic E-state index is 0.0585. The van der Waals surface area contributed by atoms with Gasteiger partial charge in [0.2, 0.25) is 5.91 Å². The molecule has 0 aromatic heterocycles. The number of amides is 1. The van der Waals surface area contributed by atoms with Crippen molar-refractivity contribution in [2.75, 3.05) is 19.7 Å². The highest BCUT2D eigenvalue weighted by atomic mass is 35.5. The van der Waals surface area contributed by atoms with E-state index in [1.54, 1.807) is 11.0 Å². The quantitative estimate of drug-likeness (QED) is 0.916. The lowest BCUT2D eigenvalue weighted by molar-refractivity contribution is -0.147. The molecule has 0 aliphatic carbocycles. The van der Waals surface area contributed by atoms with Gasteiger partial charge in [-0.25, -0.2) is 0 Å². The molecule has 1 heterocycles. The van der Waals surface area contributed by atoms with Crippen molar-refractivity contribution in [1.29, 1.82) is 0 Å². The molecule has 5 nitrogen and oxygen atoms in total. The first-order valence-electron chi connectivity index (χ1n) is 6.41. The third-order valence-corrected chi connectivity index (χ3v) is 3.56. The third-order valence-electron chi connectivity index (χ3n) is 3.19. The Labute approximate surface area is 122 Å². The second-order valence-electron chi connectivity index (χ2n) is 4.70. The van der Waals surface area contributed by atoms with Crippen molar-refractivity contribution in [3.05, 3.63) is 34.9 Å². The minimum Gasteiger partial charge on any atom is -0.481 e. The van der Waals surface area contributed by atoms with Crippen LogP contribution >= 0.6 is 11.6 Å². The van der Waals surface area contributed by atoms with Gasteiger partial charge in [0.25, 0.3) is 0 Å². The zero-order valence-corrected chi connectivity index (χ0v) is 11.7. The Morgan fingerprint density at radius 3 is 2.85 bits per heavy atom. The zero-order chi connectivity index (χ0) is 14.5. The molecule has 108 valence electrons. The van der Waals surface area contributed by atoms with E-state index in [1.165, 1.54) is 0 Å². The molecule has 1 saturated heterocycles. The fraction of sp³-hybridized carbons (Fsp3) is 0.429. The van der Waals surface area contributed by atoms with Crippen LogP contribution in [0.25, 0.3) is 0 Å². The molecule has 1 amide bonds. The van der Waals surface area contributed by atoms with Gasteiger partial charge in [0.05, 0.1) is 25.6 Å². The van der Waals surface area contributed by atoms with E-state index in [0.29, 0.717) is 24.7 Å². The van der Waals surface area contributed by atoms with Crippen LogP contribution < -0.4 is 0 Å². The zero-order valence-electron chi connectivity index (χ0n) is 10.9. The molecule has 6 heteroatoms. The molecule has 0 bridgehead atoms. The summed E-state index contributed by atoms with van der Waals surface area (Å²) < 4.78 is 5.34. The van der Waals surface area contributed by atoms with Gasteiger partial charge in [-0.3, -0.25) is 9.59 Å². The summed E-state index contributed by atoms with van der Waals surface area (Å²) in [5, 5.41) is 9.33. The largest absolute Gasteiger partial charge is 0.481 e. The van der Waals surface area contributed by atoms with E-state index >= 15 is 0 Å². The summed E-state index contributed by atoms with van der Waals surface area (Å²) in [4.78, 5) is 24.5. The summed E-state index contributed by atoms with van der Waals surface area (Å²) in [6, 6.07) is 7.21. The van der Waals surface area contributed by atoms with Gasteiger partial charge in [0.1, 0.15) is 0 Å². The van der Waals surface area contributed by atoms with Crippen LogP contribution in [0.15, 0.2) is 24.3 Å². The van der Waals surface area contributed by atoms with Crippen LogP contribution in [0.3, 0.4) is 0 Å². The van der Waals surface area contributed by atoms with Gasteiger partial charge in [0, 0.05) is 18.1 Å². The van der Waals surface area contributed by atoms with Gasteiger partial charge in [0.15, 0.2) is 0 Å². The number of carboxylic acid groups (broad SMARTS) is 1. The van der Waals surface area contributed by atoms with Gasteiger partial charge in [-0.2, -0.15) is 0 Å². The smallest absolute Gasteiger partial charge is 0.306 e. The SMILES string of the molecule is O=C(O)CC1CN(C(=O)Cc2ccccc2Cl)CCO1. The van der Waals surface area contributed by atoms with Crippen molar-refractivity contribution >= 4 is 23.5 Å². The van der Waals surface area contributed by atoms with E-state index < -0.39 is 12.1 Å². The number of benzene rings is 1. The van der Waals surface area contributed by atoms with Crippen molar-refractivity contribution in [2.24, 2.45) is 0 Å². The van der Waals surface area contributed by atoms with E-state index in [-0.39, 0.29) is 18.7 Å². The predicted octanol–water partition coefficient (Wildman–Crippen LogP) is 1.58. The molecular weight excluding hydrogens is 282 g/mol. The molecule has 1 unspecified atom stereocenters. The Bertz CT molecular complexity index is 506. The van der Waals surface area contributed by atoms with Crippen molar-refractivity contribution in [2.45, 2.75) is 18.9 Å². The van der Waals surface area contributed by atoms with Crippen molar-refractivity contribution in [3.63, 3.8) is 0 Å². The van der Waals surface area contributed by atoms with E-state index in [2.05, 4.69) is 0 Å². The maximum Gasteiger partial charge on any atom is 0.306 e. The fourth-order valence-corrected chi connectivity index (χ4v) is 2.38. The average Bonchev–Trinajstić information content (AvgIpc) is 2.41. The fourth-order valence-electron chi connectivity index (χ4n) is 2.18. The predicted molar refractivity (Wildman–Crippen MR) is 73.7 cm³/mol. The Kier molecular flexibility index (Phi) is 4.98. The Hall–Kier alpha value is -1.59. The molecule has 1 aromatic carbocycles. The molecule has 1 fully saturated rings. The number of morpholine rings is 1. The lowest BCUT2D eigenvalue weighted by Gasteiger charge is -2.32. The van der Waals surface area contributed by atoms with Gasteiger partial charge in [-0.15, -0.1) is 0 Å². The van der Waals surface area contributed by atoms with Crippen LogP contribution in [-0.2, 0) is 20.7 Å². The van der Waals surface area contributed by atoms with Crippen LogP contribution in [-0.4, -0.2) is 47.7 Å². The molecule has 1 atom stereocenters. The normalized spacial score (nSPS) is 18.9. The molecule has 1 aromatic rings. The Morgan fingerprint density at radius 1 is 1.40 bits per heavy atom. The second-order valence-corrected chi connectivity index (χ2v) is 5.11. The van der Waals surface area contributed by atoms with E-state index in [1.807, 2.05) is 18.2 Å². The maximum atomic E-state index is 12.2. The summed E-state index contributed by atoms with van der Waals surface area (Å²) in [5.41, 5.74) is 0.778. The molecule has 1 aliphatic heterocycles. The van der Waals surface area contributed by atoms with Crippen LogP contribution in [0, 0.1) is 0 Å². The highest BCUT2D eigenvalue weighted by molar-refractivity contribution is 6.31. The van der Waals surface area contributed by atoms with Crippen LogP contribution in [0.4, 0.5) is 0 Å². The van der Waals surface area contributed by atoms with Crippen molar-refractivity contribution in [1.82, 2.24) is 4.90 Å². The number of carboxylic acids is 1. The molecule has 0 saturated carbocycles. The number of rotatable bonds is 4. The number of nitrogens with zero attached hydrogens (tertiary/aromatic N) is 1.